The molecular weight excluding hydrogens is 235 g/mol. The van der Waals surface area contributed by atoms with E-state index in [-0.39, 0.29) is 4.99 Å². The fraction of sp³-hybridized carbons (Fsp3) is 0.300. The zero-order valence-corrected chi connectivity index (χ0v) is 10.1. The molecule has 0 radical (unpaired) electrons. The molecule has 0 saturated carbocycles. The average Bonchev–Trinajstić information content (AvgIpc) is 2.09. The van der Waals surface area contributed by atoms with Crippen LogP contribution >= 0.6 is 23.8 Å². The number of likely N-dealkylation sites (N-methyl/N-ethyl adjacent to an activating group) is 1. The van der Waals surface area contributed by atoms with Crippen molar-refractivity contribution >= 4 is 28.8 Å². The van der Waals surface area contributed by atoms with Crippen LogP contribution in [0.5, 0.6) is 0 Å². The lowest BCUT2D eigenvalue weighted by Gasteiger charge is -2.24. The maximum atomic E-state index is 13.6. The lowest BCUT2D eigenvalue weighted by molar-refractivity contribution is 0.362. The molecule has 2 nitrogen and oxygen atoms in total. The van der Waals surface area contributed by atoms with Crippen LogP contribution in [0, 0.1) is 5.82 Å². The predicted octanol–water partition coefficient (Wildman–Crippen LogP) is 2.37. The number of rotatable bonds is 3. The van der Waals surface area contributed by atoms with E-state index in [0.29, 0.717) is 10.6 Å². The summed E-state index contributed by atoms with van der Waals surface area (Å²) in [5.74, 6) is -0.394. The molecule has 1 unspecified atom stereocenters. The van der Waals surface area contributed by atoms with Crippen molar-refractivity contribution in [3.05, 3.63) is 34.6 Å². The summed E-state index contributed by atoms with van der Waals surface area (Å²) in [7, 11) is 3.54. The van der Waals surface area contributed by atoms with E-state index in [1.165, 1.54) is 6.07 Å². The Hall–Kier alpha value is -0.710. The predicted molar refractivity (Wildman–Crippen MR) is 64.6 cm³/mol. The first-order valence-electron chi connectivity index (χ1n) is 4.34. The molecule has 5 heteroatoms. The minimum absolute atomic E-state index is 0.201. The number of hydrogen-bond donors (Lipinski definition) is 1. The van der Waals surface area contributed by atoms with Gasteiger partial charge in [0.2, 0.25) is 0 Å². The van der Waals surface area contributed by atoms with Crippen LogP contribution in [0.15, 0.2) is 18.2 Å². The number of nitrogens with two attached hydrogens (primary N) is 1. The SMILES string of the molecule is CN(C)C(C(N)=S)c1c(F)cccc1Cl. The molecule has 0 spiro atoms. The van der Waals surface area contributed by atoms with E-state index in [0.717, 1.165) is 0 Å². The third-order valence-electron chi connectivity index (χ3n) is 2.06. The highest BCUT2D eigenvalue weighted by Gasteiger charge is 2.23. The lowest BCUT2D eigenvalue weighted by atomic mass is 10.1. The van der Waals surface area contributed by atoms with Gasteiger partial charge in [-0.25, -0.2) is 4.39 Å². The second-order valence-corrected chi connectivity index (χ2v) is 4.28. The number of nitrogens with zero attached hydrogens (tertiary/aromatic N) is 1. The first-order valence-corrected chi connectivity index (χ1v) is 5.13. The highest BCUT2D eigenvalue weighted by atomic mass is 35.5. The van der Waals surface area contributed by atoms with E-state index in [9.17, 15) is 4.39 Å². The molecule has 0 bridgehead atoms. The Bertz CT molecular complexity index is 361. The van der Waals surface area contributed by atoms with Crippen LogP contribution < -0.4 is 5.73 Å². The highest BCUT2D eigenvalue weighted by Crippen LogP contribution is 2.28. The topological polar surface area (TPSA) is 29.3 Å². The van der Waals surface area contributed by atoms with Gasteiger partial charge in [0.1, 0.15) is 5.82 Å². The van der Waals surface area contributed by atoms with Crippen molar-refractivity contribution in [3.63, 3.8) is 0 Å². The van der Waals surface area contributed by atoms with Crippen LogP contribution in [0.4, 0.5) is 4.39 Å². The molecule has 0 aromatic heterocycles. The Labute approximate surface area is 98.8 Å². The molecule has 2 N–H and O–H groups in total. The van der Waals surface area contributed by atoms with Crippen molar-refractivity contribution in [3.8, 4) is 0 Å². The molecule has 0 amide bonds. The summed E-state index contributed by atoms with van der Waals surface area (Å²) in [5, 5.41) is 0.335. The van der Waals surface area contributed by atoms with E-state index in [1.807, 2.05) is 0 Å². The van der Waals surface area contributed by atoms with Crippen LogP contribution in [0.1, 0.15) is 11.6 Å². The Kier molecular flexibility index (Phi) is 4.02. The Morgan fingerprint density at radius 2 is 2.13 bits per heavy atom. The van der Waals surface area contributed by atoms with Crippen molar-refractivity contribution in [1.82, 2.24) is 4.90 Å². The summed E-state index contributed by atoms with van der Waals surface area (Å²) in [4.78, 5) is 1.93. The first kappa shape index (κ1) is 12.4. The summed E-state index contributed by atoms with van der Waals surface area (Å²) in [5.41, 5.74) is 5.90. The number of thiocarbonyl (C=S) groups is 1. The molecule has 0 fully saturated rings. The summed E-state index contributed by atoms with van der Waals surface area (Å²) in [6.07, 6.45) is 0. The van der Waals surface area contributed by atoms with Crippen molar-refractivity contribution in [2.24, 2.45) is 5.73 Å². The summed E-state index contributed by atoms with van der Waals surface area (Å²) >= 11 is 10.8. The van der Waals surface area contributed by atoms with E-state index >= 15 is 0 Å². The fourth-order valence-electron chi connectivity index (χ4n) is 1.43. The van der Waals surface area contributed by atoms with E-state index in [1.54, 1.807) is 31.1 Å². The van der Waals surface area contributed by atoms with Crippen LogP contribution in [0.2, 0.25) is 5.02 Å². The van der Waals surface area contributed by atoms with Gasteiger partial charge in [-0.15, -0.1) is 0 Å². The normalized spacial score (nSPS) is 12.9. The smallest absolute Gasteiger partial charge is 0.129 e. The van der Waals surface area contributed by atoms with Crippen molar-refractivity contribution in [2.75, 3.05) is 14.1 Å². The van der Waals surface area contributed by atoms with Gasteiger partial charge in [0, 0.05) is 10.6 Å². The van der Waals surface area contributed by atoms with Crippen LogP contribution in [-0.2, 0) is 0 Å². The van der Waals surface area contributed by atoms with Crippen LogP contribution in [0.3, 0.4) is 0 Å². The number of halogens is 2. The summed E-state index contributed by atoms with van der Waals surface area (Å²) in [6, 6.07) is 4.03. The monoisotopic (exact) mass is 246 g/mol. The fourth-order valence-corrected chi connectivity index (χ4v) is 2.02. The quantitative estimate of drug-likeness (QED) is 0.831. The van der Waals surface area contributed by atoms with Crippen LogP contribution in [0.25, 0.3) is 0 Å². The molecule has 82 valence electrons. The van der Waals surface area contributed by atoms with Crippen LogP contribution in [-0.4, -0.2) is 24.0 Å². The number of hydrogen-bond acceptors (Lipinski definition) is 2. The zero-order chi connectivity index (χ0) is 11.6. The lowest BCUT2D eigenvalue weighted by Crippen LogP contribution is -2.32. The molecule has 1 aromatic carbocycles. The zero-order valence-electron chi connectivity index (χ0n) is 8.50. The molecule has 0 aliphatic rings. The van der Waals surface area contributed by atoms with Gasteiger partial charge in [-0.2, -0.15) is 0 Å². The maximum Gasteiger partial charge on any atom is 0.129 e. The average molecular weight is 247 g/mol. The van der Waals surface area contributed by atoms with E-state index < -0.39 is 11.9 Å². The molecular formula is C10H12ClFN2S. The minimum Gasteiger partial charge on any atom is -0.392 e. The highest BCUT2D eigenvalue weighted by molar-refractivity contribution is 7.80. The molecule has 0 heterocycles. The minimum atomic E-state index is -0.478. The van der Waals surface area contributed by atoms with Crippen molar-refractivity contribution in [2.45, 2.75) is 6.04 Å². The van der Waals surface area contributed by atoms with Gasteiger partial charge in [-0.3, -0.25) is 4.90 Å². The van der Waals surface area contributed by atoms with Crippen molar-refractivity contribution in [1.29, 1.82) is 0 Å². The molecule has 1 rings (SSSR count). The van der Waals surface area contributed by atoms with Crippen molar-refractivity contribution < 1.29 is 4.39 Å². The molecule has 1 aromatic rings. The Balaban J connectivity index is 3.28. The Morgan fingerprint density at radius 1 is 1.53 bits per heavy atom. The van der Waals surface area contributed by atoms with Gasteiger partial charge >= 0.3 is 0 Å². The summed E-state index contributed by atoms with van der Waals surface area (Å²) < 4.78 is 13.6. The maximum absolute atomic E-state index is 13.6. The van der Waals surface area contributed by atoms with Gasteiger partial charge in [0.25, 0.3) is 0 Å². The Morgan fingerprint density at radius 3 is 2.53 bits per heavy atom. The van der Waals surface area contributed by atoms with Gasteiger partial charge in [-0.05, 0) is 26.2 Å². The molecule has 1 atom stereocenters. The molecule has 15 heavy (non-hydrogen) atoms. The second-order valence-electron chi connectivity index (χ2n) is 3.40. The largest absolute Gasteiger partial charge is 0.392 e. The standard InChI is InChI=1S/C10H12ClFN2S/c1-14(2)9(10(13)15)8-6(11)4-3-5-7(8)12/h3-5,9H,1-2H3,(H2,13,15). The van der Waals surface area contributed by atoms with Gasteiger partial charge in [-0.1, -0.05) is 29.9 Å². The molecule has 0 aliphatic carbocycles. The summed E-state index contributed by atoms with van der Waals surface area (Å²) in [6.45, 7) is 0. The van der Waals surface area contributed by atoms with Gasteiger partial charge in [0.15, 0.2) is 0 Å². The third-order valence-corrected chi connectivity index (χ3v) is 2.61. The first-order chi connectivity index (χ1) is 6.95. The van der Waals surface area contributed by atoms with Gasteiger partial charge in [0.05, 0.1) is 11.0 Å². The third kappa shape index (κ3) is 2.65. The van der Waals surface area contributed by atoms with E-state index in [2.05, 4.69) is 0 Å². The number of benzene rings is 1. The van der Waals surface area contributed by atoms with E-state index in [4.69, 9.17) is 29.6 Å². The second kappa shape index (κ2) is 4.88. The molecule has 0 saturated heterocycles. The molecule has 0 aliphatic heterocycles. The van der Waals surface area contributed by atoms with Gasteiger partial charge < -0.3 is 5.73 Å².